The standard InChI is InChI=1S/C17H35NO/c1-6-7-15-8-9-17(19)16(10-15)18(11-13(2)3)12-14(4)5/h13-17,19H,6-12H2,1-5H3. The normalized spacial score (nSPS) is 28.6. The van der Waals surface area contributed by atoms with Crippen LogP contribution in [0, 0.1) is 17.8 Å². The van der Waals surface area contributed by atoms with Crippen LogP contribution in [0.3, 0.4) is 0 Å². The molecule has 0 spiro atoms. The maximum absolute atomic E-state index is 10.4. The highest BCUT2D eigenvalue weighted by molar-refractivity contribution is 4.87. The van der Waals surface area contributed by atoms with Crippen molar-refractivity contribution in [2.45, 2.75) is 78.9 Å². The van der Waals surface area contributed by atoms with E-state index >= 15 is 0 Å². The fourth-order valence-corrected chi connectivity index (χ4v) is 3.56. The highest BCUT2D eigenvalue weighted by Gasteiger charge is 2.33. The van der Waals surface area contributed by atoms with E-state index in [1.54, 1.807) is 0 Å². The summed E-state index contributed by atoms with van der Waals surface area (Å²) in [5.74, 6) is 2.19. The van der Waals surface area contributed by atoms with Crippen LogP contribution in [0.1, 0.15) is 66.7 Å². The molecule has 114 valence electrons. The molecule has 0 amide bonds. The Morgan fingerprint density at radius 3 is 2.11 bits per heavy atom. The van der Waals surface area contributed by atoms with E-state index in [0.717, 1.165) is 25.4 Å². The van der Waals surface area contributed by atoms with Gasteiger partial charge in [0.1, 0.15) is 0 Å². The molecule has 0 bridgehead atoms. The van der Waals surface area contributed by atoms with Crippen molar-refractivity contribution in [3.8, 4) is 0 Å². The lowest BCUT2D eigenvalue weighted by atomic mass is 9.80. The molecule has 0 saturated heterocycles. The van der Waals surface area contributed by atoms with Crippen LogP contribution in [0.5, 0.6) is 0 Å². The number of hydrogen-bond donors (Lipinski definition) is 1. The van der Waals surface area contributed by atoms with Gasteiger partial charge in [-0.15, -0.1) is 0 Å². The second-order valence-corrected chi connectivity index (χ2v) is 7.34. The lowest BCUT2D eigenvalue weighted by molar-refractivity contribution is -0.00761. The molecule has 0 radical (unpaired) electrons. The molecule has 1 aliphatic carbocycles. The Hall–Kier alpha value is -0.0800. The zero-order valence-corrected chi connectivity index (χ0v) is 13.7. The van der Waals surface area contributed by atoms with Gasteiger partial charge in [-0.2, -0.15) is 0 Å². The van der Waals surface area contributed by atoms with Crippen LogP contribution in [0.4, 0.5) is 0 Å². The molecule has 2 heteroatoms. The van der Waals surface area contributed by atoms with Gasteiger partial charge in [-0.1, -0.05) is 47.5 Å². The number of rotatable bonds is 7. The van der Waals surface area contributed by atoms with Crippen molar-refractivity contribution in [3.05, 3.63) is 0 Å². The van der Waals surface area contributed by atoms with E-state index in [1.165, 1.54) is 25.7 Å². The minimum atomic E-state index is -0.106. The van der Waals surface area contributed by atoms with Crippen molar-refractivity contribution < 1.29 is 5.11 Å². The van der Waals surface area contributed by atoms with Crippen molar-refractivity contribution in [1.82, 2.24) is 4.90 Å². The summed E-state index contributed by atoms with van der Waals surface area (Å²) in [4.78, 5) is 2.57. The van der Waals surface area contributed by atoms with Crippen LogP contribution in [0.2, 0.25) is 0 Å². The molecular weight excluding hydrogens is 234 g/mol. The van der Waals surface area contributed by atoms with Crippen molar-refractivity contribution >= 4 is 0 Å². The zero-order chi connectivity index (χ0) is 14.4. The van der Waals surface area contributed by atoms with Gasteiger partial charge in [0.25, 0.3) is 0 Å². The average Bonchev–Trinajstić information content (AvgIpc) is 2.30. The average molecular weight is 269 g/mol. The highest BCUT2D eigenvalue weighted by Crippen LogP contribution is 2.31. The van der Waals surface area contributed by atoms with Crippen LogP contribution in [-0.2, 0) is 0 Å². The Labute approximate surface area is 120 Å². The molecule has 2 nitrogen and oxygen atoms in total. The summed E-state index contributed by atoms with van der Waals surface area (Å²) < 4.78 is 0. The van der Waals surface area contributed by atoms with Gasteiger partial charge < -0.3 is 5.11 Å². The molecule has 0 heterocycles. The summed E-state index contributed by atoms with van der Waals surface area (Å²) in [5, 5.41) is 10.4. The summed E-state index contributed by atoms with van der Waals surface area (Å²) in [6, 6.07) is 0.398. The van der Waals surface area contributed by atoms with Gasteiger partial charge in [0.2, 0.25) is 0 Å². The maximum Gasteiger partial charge on any atom is 0.0695 e. The fraction of sp³-hybridized carbons (Fsp3) is 1.00. The molecular formula is C17H35NO. The van der Waals surface area contributed by atoms with E-state index in [1.807, 2.05) is 0 Å². The Morgan fingerprint density at radius 1 is 1.05 bits per heavy atom. The molecule has 0 aromatic carbocycles. The van der Waals surface area contributed by atoms with Crippen LogP contribution in [-0.4, -0.2) is 35.2 Å². The van der Waals surface area contributed by atoms with Crippen LogP contribution in [0.25, 0.3) is 0 Å². The van der Waals surface area contributed by atoms with Crippen molar-refractivity contribution in [2.24, 2.45) is 17.8 Å². The first-order valence-corrected chi connectivity index (χ1v) is 8.36. The SMILES string of the molecule is CCCC1CCC(O)C(N(CC(C)C)CC(C)C)C1. The lowest BCUT2D eigenvalue weighted by Gasteiger charge is -2.42. The topological polar surface area (TPSA) is 23.5 Å². The Morgan fingerprint density at radius 2 is 1.63 bits per heavy atom. The van der Waals surface area contributed by atoms with E-state index in [4.69, 9.17) is 0 Å². The van der Waals surface area contributed by atoms with Gasteiger partial charge in [-0.05, 0) is 37.0 Å². The quantitative estimate of drug-likeness (QED) is 0.757. The lowest BCUT2D eigenvalue weighted by Crippen LogP contribution is -2.49. The summed E-state index contributed by atoms with van der Waals surface area (Å²) >= 11 is 0. The third-order valence-corrected chi connectivity index (χ3v) is 4.25. The van der Waals surface area contributed by atoms with Gasteiger partial charge in [0.05, 0.1) is 6.10 Å². The van der Waals surface area contributed by atoms with E-state index in [9.17, 15) is 5.11 Å². The van der Waals surface area contributed by atoms with Crippen molar-refractivity contribution in [3.63, 3.8) is 0 Å². The Balaban J connectivity index is 2.67. The first kappa shape index (κ1) is 17.0. The fourth-order valence-electron chi connectivity index (χ4n) is 3.56. The molecule has 1 rings (SSSR count). The molecule has 0 aromatic rings. The van der Waals surface area contributed by atoms with Gasteiger partial charge in [0, 0.05) is 19.1 Å². The van der Waals surface area contributed by atoms with Crippen LogP contribution >= 0.6 is 0 Å². The van der Waals surface area contributed by atoms with Gasteiger partial charge in [-0.3, -0.25) is 4.90 Å². The van der Waals surface area contributed by atoms with E-state index < -0.39 is 0 Å². The number of aliphatic hydroxyl groups is 1. The van der Waals surface area contributed by atoms with Crippen LogP contribution < -0.4 is 0 Å². The van der Waals surface area contributed by atoms with Crippen molar-refractivity contribution in [2.75, 3.05) is 13.1 Å². The van der Waals surface area contributed by atoms with E-state index in [-0.39, 0.29) is 6.10 Å². The molecule has 0 aromatic heterocycles. The van der Waals surface area contributed by atoms with Crippen molar-refractivity contribution in [1.29, 1.82) is 0 Å². The summed E-state index contributed by atoms with van der Waals surface area (Å²) in [7, 11) is 0. The van der Waals surface area contributed by atoms with Gasteiger partial charge >= 0.3 is 0 Å². The monoisotopic (exact) mass is 269 g/mol. The molecule has 1 fully saturated rings. The van der Waals surface area contributed by atoms with E-state index in [2.05, 4.69) is 39.5 Å². The third kappa shape index (κ3) is 5.83. The first-order valence-electron chi connectivity index (χ1n) is 8.36. The number of hydrogen-bond acceptors (Lipinski definition) is 2. The van der Waals surface area contributed by atoms with Gasteiger partial charge in [0.15, 0.2) is 0 Å². The molecule has 19 heavy (non-hydrogen) atoms. The molecule has 3 atom stereocenters. The largest absolute Gasteiger partial charge is 0.391 e. The minimum Gasteiger partial charge on any atom is -0.391 e. The Bertz CT molecular complexity index is 229. The minimum absolute atomic E-state index is 0.106. The second kappa shape index (κ2) is 8.26. The zero-order valence-electron chi connectivity index (χ0n) is 13.7. The predicted octanol–water partition coefficient (Wildman–Crippen LogP) is 3.93. The predicted molar refractivity (Wildman–Crippen MR) is 83.3 cm³/mol. The number of nitrogens with zero attached hydrogens (tertiary/aromatic N) is 1. The summed E-state index contributed by atoms with van der Waals surface area (Å²) in [5.41, 5.74) is 0. The first-order chi connectivity index (χ1) is 8.93. The summed E-state index contributed by atoms with van der Waals surface area (Å²) in [6.07, 6.45) is 5.94. The van der Waals surface area contributed by atoms with E-state index in [0.29, 0.717) is 17.9 Å². The second-order valence-electron chi connectivity index (χ2n) is 7.34. The maximum atomic E-state index is 10.4. The molecule has 1 aliphatic rings. The summed E-state index contributed by atoms with van der Waals surface area (Å²) in [6.45, 7) is 13.7. The molecule has 1 saturated carbocycles. The molecule has 0 aliphatic heterocycles. The Kier molecular flexibility index (Phi) is 7.38. The number of aliphatic hydroxyl groups excluding tert-OH is 1. The molecule has 3 unspecified atom stereocenters. The van der Waals surface area contributed by atoms with Gasteiger partial charge in [-0.25, -0.2) is 0 Å². The smallest absolute Gasteiger partial charge is 0.0695 e. The third-order valence-electron chi connectivity index (χ3n) is 4.25. The highest BCUT2D eigenvalue weighted by atomic mass is 16.3. The van der Waals surface area contributed by atoms with Crippen LogP contribution in [0.15, 0.2) is 0 Å². The molecule has 1 N–H and O–H groups in total.